The van der Waals surface area contributed by atoms with Gasteiger partial charge in [-0.25, -0.2) is 0 Å². The first-order chi connectivity index (χ1) is 4.72. The fourth-order valence-electron chi connectivity index (χ4n) is 0.977. The molecule has 0 aromatic heterocycles. The lowest BCUT2D eigenvalue weighted by atomic mass is 9.93. The van der Waals surface area contributed by atoms with E-state index in [1.807, 2.05) is 7.05 Å². The molecule has 0 saturated heterocycles. The minimum Gasteiger partial charge on any atom is -0.319 e. The van der Waals surface area contributed by atoms with Gasteiger partial charge in [0.1, 0.15) is 6.29 Å². The van der Waals surface area contributed by atoms with Crippen LogP contribution < -0.4 is 5.32 Å². The Morgan fingerprint density at radius 3 is 2.40 bits per heavy atom. The molecule has 0 aliphatic rings. The van der Waals surface area contributed by atoms with E-state index < -0.39 is 0 Å². The predicted octanol–water partition coefficient (Wildman–Crippen LogP) is 1.07. The van der Waals surface area contributed by atoms with Crippen LogP contribution in [0, 0.1) is 11.8 Å². The molecule has 1 N–H and O–H groups in total. The van der Waals surface area contributed by atoms with Gasteiger partial charge in [0.25, 0.3) is 0 Å². The molecule has 0 aromatic carbocycles. The number of nitrogens with one attached hydrogen (secondary N) is 1. The third-order valence-electron chi connectivity index (χ3n) is 1.81. The molecule has 0 aliphatic heterocycles. The average Bonchev–Trinajstić information content (AvgIpc) is 1.87. The van der Waals surface area contributed by atoms with E-state index in [4.69, 9.17) is 0 Å². The van der Waals surface area contributed by atoms with Crippen LogP contribution in [0.25, 0.3) is 0 Å². The largest absolute Gasteiger partial charge is 0.319 e. The Kier molecular flexibility index (Phi) is 5.22. The number of hydrogen-bond acceptors (Lipinski definition) is 2. The molecule has 0 aliphatic carbocycles. The van der Waals surface area contributed by atoms with Gasteiger partial charge in [0.15, 0.2) is 0 Å². The molecular weight excluding hydrogens is 126 g/mol. The Morgan fingerprint density at radius 1 is 1.50 bits per heavy atom. The highest BCUT2D eigenvalue weighted by Crippen LogP contribution is 2.11. The van der Waals surface area contributed by atoms with Gasteiger partial charge in [-0.1, -0.05) is 13.8 Å². The molecular formula is C8H17NO. The van der Waals surface area contributed by atoms with E-state index in [1.165, 1.54) is 0 Å². The Hall–Kier alpha value is -0.370. The van der Waals surface area contributed by atoms with Crippen LogP contribution in [0.3, 0.4) is 0 Å². The van der Waals surface area contributed by atoms with Crippen molar-refractivity contribution in [3.63, 3.8) is 0 Å². The lowest BCUT2D eigenvalue weighted by Gasteiger charge is -2.16. The Morgan fingerprint density at radius 2 is 2.10 bits per heavy atom. The SMILES string of the molecule is CNCC(CC=O)C(C)C. The minimum absolute atomic E-state index is 0.502. The molecule has 1 atom stereocenters. The van der Waals surface area contributed by atoms with Crippen LogP contribution in [-0.4, -0.2) is 19.9 Å². The molecule has 2 heteroatoms. The molecule has 0 radical (unpaired) electrons. The van der Waals surface area contributed by atoms with E-state index in [0.29, 0.717) is 18.3 Å². The highest BCUT2D eigenvalue weighted by molar-refractivity contribution is 5.49. The molecule has 0 fully saturated rings. The van der Waals surface area contributed by atoms with Crippen molar-refractivity contribution in [1.82, 2.24) is 5.32 Å². The Balaban J connectivity index is 3.60. The zero-order valence-electron chi connectivity index (χ0n) is 7.05. The Labute approximate surface area is 63.0 Å². The first-order valence-electron chi connectivity index (χ1n) is 3.80. The van der Waals surface area contributed by atoms with Crippen LogP contribution in [0.2, 0.25) is 0 Å². The summed E-state index contributed by atoms with van der Waals surface area (Å²) < 4.78 is 0. The molecule has 2 nitrogen and oxygen atoms in total. The average molecular weight is 143 g/mol. The van der Waals surface area contributed by atoms with Crippen molar-refractivity contribution in [2.75, 3.05) is 13.6 Å². The van der Waals surface area contributed by atoms with E-state index in [-0.39, 0.29) is 0 Å². The number of rotatable bonds is 5. The number of aldehydes is 1. The van der Waals surface area contributed by atoms with Gasteiger partial charge in [-0.05, 0) is 25.4 Å². The molecule has 0 spiro atoms. The van der Waals surface area contributed by atoms with Gasteiger partial charge in [0, 0.05) is 6.42 Å². The van der Waals surface area contributed by atoms with Crippen molar-refractivity contribution in [3.05, 3.63) is 0 Å². The second kappa shape index (κ2) is 5.42. The maximum absolute atomic E-state index is 10.2. The van der Waals surface area contributed by atoms with E-state index in [9.17, 15) is 4.79 Å². The van der Waals surface area contributed by atoms with E-state index in [1.54, 1.807) is 0 Å². The van der Waals surface area contributed by atoms with E-state index in [0.717, 1.165) is 12.8 Å². The van der Waals surface area contributed by atoms with Crippen molar-refractivity contribution >= 4 is 6.29 Å². The van der Waals surface area contributed by atoms with Crippen LogP contribution in [0.15, 0.2) is 0 Å². The van der Waals surface area contributed by atoms with Crippen molar-refractivity contribution in [2.24, 2.45) is 11.8 Å². The summed E-state index contributed by atoms with van der Waals surface area (Å²) in [5, 5.41) is 3.08. The third kappa shape index (κ3) is 3.62. The smallest absolute Gasteiger partial charge is 0.120 e. The summed E-state index contributed by atoms with van der Waals surface area (Å²) >= 11 is 0. The number of carbonyl (C=O) groups is 1. The van der Waals surface area contributed by atoms with Crippen molar-refractivity contribution in [2.45, 2.75) is 20.3 Å². The van der Waals surface area contributed by atoms with Crippen LogP contribution in [-0.2, 0) is 4.79 Å². The molecule has 60 valence electrons. The molecule has 0 rings (SSSR count). The highest BCUT2D eigenvalue weighted by atomic mass is 16.1. The Bertz CT molecular complexity index is 91.3. The fraction of sp³-hybridized carbons (Fsp3) is 0.875. The lowest BCUT2D eigenvalue weighted by molar-refractivity contribution is -0.108. The summed E-state index contributed by atoms with van der Waals surface area (Å²) in [6, 6.07) is 0. The zero-order chi connectivity index (χ0) is 7.98. The van der Waals surface area contributed by atoms with Gasteiger partial charge in [0.05, 0.1) is 0 Å². The monoisotopic (exact) mass is 143 g/mol. The van der Waals surface area contributed by atoms with Gasteiger partial charge >= 0.3 is 0 Å². The molecule has 10 heavy (non-hydrogen) atoms. The summed E-state index contributed by atoms with van der Waals surface area (Å²) in [7, 11) is 1.92. The van der Waals surface area contributed by atoms with E-state index in [2.05, 4.69) is 19.2 Å². The van der Waals surface area contributed by atoms with Gasteiger partial charge in [0.2, 0.25) is 0 Å². The van der Waals surface area contributed by atoms with Crippen LogP contribution in [0.5, 0.6) is 0 Å². The van der Waals surface area contributed by atoms with Crippen molar-refractivity contribution in [1.29, 1.82) is 0 Å². The first kappa shape index (κ1) is 9.63. The van der Waals surface area contributed by atoms with Crippen molar-refractivity contribution < 1.29 is 4.79 Å². The highest BCUT2D eigenvalue weighted by Gasteiger charge is 2.10. The van der Waals surface area contributed by atoms with Gasteiger partial charge in [-0.15, -0.1) is 0 Å². The van der Waals surface area contributed by atoms with Crippen LogP contribution in [0.4, 0.5) is 0 Å². The predicted molar refractivity (Wildman–Crippen MR) is 42.9 cm³/mol. The minimum atomic E-state index is 0.502. The molecule has 0 amide bonds. The number of carbonyl (C=O) groups excluding carboxylic acids is 1. The quantitative estimate of drug-likeness (QED) is 0.583. The fourth-order valence-corrected chi connectivity index (χ4v) is 0.977. The topological polar surface area (TPSA) is 29.1 Å². The molecule has 0 heterocycles. The summed E-state index contributed by atoms with van der Waals surface area (Å²) in [4.78, 5) is 10.2. The first-order valence-corrected chi connectivity index (χ1v) is 3.80. The van der Waals surface area contributed by atoms with Crippen LogP contribution >= 0.6 is 0 Å². The summed E-state index contributed by atoms with van der Waals surface area (Å²) in [6.45, 7) is 5.23. The van der Waals surface area contributed by atoms with Crippen molar-refractivity contribution in [3.8, 4) is 0 Å². The summed E-state index contributed by atoms with van der Waals surface area (Å²) in [5.74, 6) is 1.10. The second-order valence-electron chi connectivity index (χ2n) is 2.96. The second-order valence-corrected chi connectivity index (χ2v) is 2.96. The third-order valence-corrected chi connectivity index (χ3v) is 1.81. The normalized spacial score (nSPS) is 13.6. The molecule has 1 unspecified atom stereocenters. The lowest BCUT2D eigenvalue weighted by Crippen LogP contribution is -2.23. The molecule has 0 saturated carbocycles. The zero-order valence-corrected chi connectivity index (χ0v) is 7.05. The standard InChI is InChI=1S/C8H17NO/c1-7(2)8(4-5-10)6-9-3/h5,7-9H,4,6H2,1-3H3. The summed E-state index contributed by atoms with van der Waals surface area (Å²) in [5.41, 5.74) is 0. The number of hydrogen-bond donors (Lipinski definition) is 1. The maximum atomic E-state index is 10.2. The maximum Gasteiger partial charge on any atom is 0.120 e. The van der Waals surface area contributed by atoms with Gasteiger partial charge in [-0.3, -0.25) is 0 Å². The van der Waals surface area contributed by atoms with Crippen LogP contribution in [0.1, 0.15) is 20.3 Å². The van der Waals surface area contributed by atoms with Gasteiger partial charge < -0.3 is 10.1 Å². The molecule has 0 aromatic rings. The summed E-state index contributed by atoms with van der Waals surface area (Å²) in [6.07, 6.45) is 1.68. The van der Waals surface area contributed by atoms with E-state index >= 15 is 0 Å². The van der Waals surface area contributed by atoms with Gasteiger partial charge in [-0.2, -0.15) is 0 Å². The molecule has 0 bridgehead atoms.